The molecule has 0 aliphatic rings. The molecule has 3 aromatic carbocycles. The largest absolute Gasteiger partial charge is 0.490 e. The van der Waals surface area contributed by atoms with Crippen LogP contribution in [0.25, 0.3) is 11.6 Å². The highest BCUT2D eigenvalue weighted by molar-refractivity contribution is 9.10. The highest BCUT2D eigenvalue weighted by Crippen LogP contribution is 2.36. The molecule has 0 fully saturated rings. The van der Waals surface area contributed by atoms with Crippen molar-refractivity contribution in [1.29, 1.82) is 5.26 Å². The van der Waals surface area contributed by atoms with Gasteiger partial charge in [0.15, 0.2) is 11.5 Å². The van der Waals surface area contributed by atoms with Crippen molar-refractivity contribution in [2.45, 2.75) is 13.5 Å². The van der Waals surface area contributed by atoms with Gasteiger partial charge in [-0.3, -0.25) is 0 Å². The van der Waals surface area contributed by atoms with E-state index in [1.807, 2.05) is 73.7 Å². The molecule has 0 aromatic heterocycles. The number of nitrogens with zero attached hydrogens (tertiary/aromatic N) is 1. The van der Waals surface area contributed by atoms with E-state index >= 15 is 0 Å². The average Bonchev–Trinajstić information content (AvgIpc) is 2.74. The molecule has 152 valence electrons. The molecule has 0 bridgehead atoms. The second-order valence-electron chi connectivity index (χ2n) is 6.35. The molecule has 0 atom stereocenters. The van der Waals surface area contributed by atoms with Crippen LogP contribution in [0.3, 0.4) is 0 Å². The van der Waals surface area contributed by atoms with Crippen molar-refractivity contribution in [2.75, 3.05) is 6.61 Å². The molecule has 0 spiro atoms. The predicted octanol–water partition coefficient (Wildman–Crippen LogP) is 7.91. The number of allylic oxidation sites excluding steroid dienone is 1. The summed E-state index contributed by atoms with van der Waals surface area (Å²) in [6.07, 6.45) is 1.83. The first-order valence-corrected chi connectivity index (χ1v) is 11.2. The zero-order valence-electron chi connectivity index (χ0n) is 16.2. The van der Waals surface area contributed by atoms with Crippen molar-refractivity contribution >= 4 is 55.1 Å². The Kier molecular flexibility index (Phi) is 7.98. The van der Waals surface area contributed by atoms with E-state index in [0.717, 1.165) is 25.6 Å². The standard InChI is InChI=1S/C24H18Br2ClNO2/c1-2-29-23-12-18(11-19(14-28)17-5-7-20(25)8-6-17)22(26)13-24(23)30-15-16-3-9-21(27)10-4-16/h3-13H,2,15H2,1H3/b19-11+. The Bertz CT molecular complexity index is 1090. The van der Waals surface area contributed by atoms with Gasteiger partial charge in [0.05, 0.1) is 18.2 Å². The summed E-state index contributed by atoms with van der Waals surface area (Å²) in [6.45, 7) is 2.81. The van der Waals surface area contributed by atoms with Crippen LogP contribution < -0.4 is 9.47 Å². The van der Waals surface area contributed by atoms with Crippen molar-refractivity contribution in [3.05, 3.63) is 91.3 Å². The van der Waals surface area contributed by atoms with Crippen LogP contribution in [0.4, 0.5) is 0 Å². The Morgan fingerprint density at radius 2 is 1.67 bits per heavy atom. The summed E-state index contributed by atoms with van der Waals surface area (Å²) in [6, 6.07) is 21.2. The van der Waals surface area contributed by atoms with Gasteiger partial charge in [0.1, 0.15) is 6.61 Å². The number of halogens is 3. The quantitative estimate of drug-likeness (QED) is 0.223. The zero-order chi connectivity index (χ0) is 21.5. The van der Waals surface area contributed by atoms with E-state index in [9.17, 15) is 5.26 Å². The molecule has 0 aliphatic heterocycles. The molecule has 0 radical (unpaired) electrons. The third-order valence-corrected chi connectivity index (χ3v) is 5.71. The second-order valence-corrected chi connectivity index (χ2v) is 8.55. The summed E-state index contributed by atoms with van der Waals surface area (Å²) in [5, 5.41) is 10.3. The summed E-state index contributed by atoms with van der Waals surface area (Å²) in [4.78, 5) is 0. The Balaban J connectivity index is 1.90. The van der Waals surface area contributed by atoms with Crippen LogP contribution in [0.5, 0.6) is 11.5 Å². The fourth-order valence-electron chi connectivity index (χ4n) is 2.75. The molecule has 0 heterocycles. The summed E-state index contributed by atoms with van der Waals surface area (Å²) in [7, 11) is 0. The van der Waals surface area contributed by atoms with Gasteiger partial charge in [-0.2, -0.15) is 5.26 Å². The first-order valence-electron chi connectivity index (χ1n) is 9.21. The smallest absolute Gasteiger partial charge is 0.162 e. The molecule has 0 saturated heterocycles. The van der Waals surface area contributed by atoms with Gasteiger partial charge in [0, 0.05) is 14.0 Å². The number of hydrogen-bond donors (Lipinski definition) is 0. The maximum Gasteiger partial charge on any atom is 0.162 e. The third kappa shape index (κ3) is 5.89. The Morgan fingerprint density at radius 3 is 2.30 bits per heavy atom. The molecule has 6 heteroatoms. The van der Waals surface area contributed by atoms with E-state index in [4.69, 9.17) is 21.1 Å². The fraction of sp³-hybridized carbons (Fsp3) is 0.125. The Morgan fingerprint density at radius 1 is 1.00 bits per heavy atom. The number of rotatable bonds is 7. The van der Waals surface area contributed by atoms with Gasteiger partial charge < -0.3 is 9.47 Å². The van der Waals surface area contributed by atoms with Gasteiger partial charge in [0.25, 0.3) is 0 Å². The highest BCUT2D eigenvalue weighted by Gasteiger charge is 2.12. The lowest BCUT2D eigenvalue weighted by atomic mass is 10.0. The average molecular weight is 548 g/mol. The van der Waals surface area contributed by atoms with Crippen LogP contribution >= 0.6 is 43.5 Å². The van der Waals surface area contributed by atoms with Gasteiger partial charge >= 0.3 is 0 Å². The molecular formula is C24H18Br2ClNO2. The topological polar surface area (TPSA) is 42.2 Å². The number of ether oxygens (including phenoxy) is 2. The second kappa shape index (κ2) is 10.7. The summed E-state index contributed by atoms with van der Waals surface area (Å²) < 4.78 is 13.6. The number of benzene rings is 3. The van der Waals surface area contributed by atoms with Crippen LogP contribution in [-0.2, 0) is 6.61 Å². The minimum Gasteiger partial charge on any atom is -0.490 e. The lowest BCUT2D eigenvalue weighted by Gasteiger charge is -2.14. The third-order valence-electron chi connectivity index (χ3n) is 4.25. The van der Waals surface area contributed by atoms with Crippen molar-refractivity contribution in [2.24, 2.45) is 0 Å². The molecule has 3 aromatic rings. The van der Waals surface area contributed by atoms with Gasteiger partial charge in [-0.15, -0.1) is 0 Å². The van der Waals surface area contributed by atoms with Crippen LogP contribution in [0.15, 0.2) is 69.6 Å². The van der Waals surface area contributed by atoms with Crippen LogP contribution in [0.1, 0.15) is 23.6 Å². The molecular weight excluding hydrogens is 530 g/mol. The molecule has 0 aliphatic carbocycles. The van der Waals surface area contributed by atoms with Crippen molar-refractivity contribution in [3.8, 4) is 17.6 Å². The van der Waals surface area contributed by atoms with E-state index in [1.165, 1.54) is 0 Å². The molecule has 0 N–H and O–H groups in total. The Hall–Kier alpha value is -2.26. The highest BCUT2D eigenvalue weighted by atomic mass is 79.9. The normalized spacial score (nSPS) is 11.1. The molecule has 30 heavy (non-hydrogen) atoms. The predicted molar refractivity (Wildman–Crippen MR) is 129 cm³/mol. The summed E-state index contributed by atoms with van der Waals surface area (Å²) in [5.74, 6) is 1.24. The van der Waals surface area contributed by atoms with E-state index in [2.05, 4.69) is 37.9 Å². The molecule has 3 rings (SSSR count). The van der Waals surface area contributed by atoms with E-state index < -0.39 is 0 Å². The van der Waals surface area contributed by atoms with E-state index in [-0.39, 0.29) is 0 Å². The van der Waals surface area contributed by atoms with Gasteiger partial charge in [-0.1, -0.05) is 67.7 Å². The van der Waals surface area contributed by atoms with Crippen LogP contribution in [0.2, 0.25) is 5.02 Å². The molecule has 0 amide bonds. The number of nitriles is 1. The Labute approximate surface area is 198 Å². The molecule has 0 saturated carbocycles. The maximum absolute atomic E-state index is 9.65. The van der Waals surface area contributed by atoms with Gasteiger partial charge in [-0.25, -0.2) is 0 Å². The lowest BCUT2D eigenvalue weighted by molar-refractivity contribution is 0.269. The van der Waals surface area contributed by atoms with Crippen LogP contribution in [0, 0.1) is 11.3 Å². The first kappa shape index (κ1) is 22.4. The maximum atomic E-state index is 9.65. The lowest BCUT2D eigenvalue weighted by Crippen LogP contribution is -2.00. The monoisotopic (exact) mass is 545 g/mol. The molecule has 3 nitrogen and oxygen atoms in total. The van der Waals surface area contributed by atoms with Crippen molar-refractivity contribution in [1.82, 2.24) is 0 Å². The minimum atomic E-state index is 0.390. The van der Waals surface area contributed by atoms with Crippen LogP contribution in [-0.4, -0.2) is 6.61 Å². The zero-order valence-corrected chi connectivity index (χ0v) is 20.1. The summed E-state index contributed by atoms with van der Waals surface area (Å²) in [5.41, 5.74) is 3.23. The number of hydrogen-bond acceptors (Lipinski definition) is 3. The van der Waals surface area contributed by atoms with Gasteiger partial charge in [0.2, 0.25) is 0 Å². The SMILES string of the molecule is CCOc1cc(/C=C(\C#N)c2ccc(Br)cc2)c(Br)cc1OCc1ccc(Cl)cc1. The first-order chi connectivity index (χ1) is 14.5. The fourth-order valence-corrected chi connectivity index (χ4v) is 3.58. The summed E-state index contributed by atoms with van der Waals surface area (Å²) >= 11 is 13.0. The minimum absolute atomic E-state index is 0.390. The molecule has 0 unspecified atom stereocenters. The van der Waals surface area contributed by atoms with E-state index in [1.54, 1.807) is 0 Å². The van der Waals surface area contributed by atoms with Gasteiger partial charge in [-0.05, 0) is 66.1 Å². The van der Waals surface area contributed by atoms with E-state index in [0.29, 0.717) is 35.3 Å². The van der Waals surface area contributed by atoms with Crippen molar-refractivity contribution in [3.63, 3.8) is 0 Å². The van der Waals surface area contributed by atoms with Crippen molar-refractivity contribution < 1.29 is 9.47 Å².